The summed E-state index contributed by atoms with van der Waals surface area (Å²) in [6.07, 6.45) is 2.13. The van der Waals surface area contributed by atoms with Crippen LogP contribution < -0.4 is 5.32 Å². The molecule has 0 aliphatic carbocycles. The standard InChI is InChI=1S/C19H19ClIN6OPS.C2H6/c1-10-7-14(25-26(10)3)12-5-6-13(16(8-12)30(4)28)23-15-9-17(20)24-19-18(15)22-11(2)27(19)29-21;1-2/h5-9,29H,1-4H3,(H,23,24);1-2H3. The van der Waals surface area contributed by atoms with Crippen LogP contribution in [0.4, 0.5) is 11.4 Å². The smallest absolute Gasteiger partial charge is 0.167 e. The third kappa shape index (κ3) is 5.00. The molecule has 0 saturated carbocycles. The average Bonchev–Trinajstić information content (AvgIpc) is 3.27. The zero-order chi connectivity index (χ0) is 23.6. The number of hydrogen-bond acceptors (Lipinski definition) is 5. The maximum Gasteiger partial charge on any atom is 0.167 e. The molecule has 0 amide bonds. The summed E-state index contributed by atoms with van der Waals surface area (Å²) in [5.41, 5.74) is 5.75. The van der Waals surface area contributed by atoms with Crippen molar-refractivity contribution >= 4 is 73.4 Å². The Balaban J connectivity index is 0.00000141. The van der Waals surface area contributed by atoms with Crippen LogP contribution in [0.3, 0.4) is 0 Å². The first-order chi connectivity index (χ1) is 15.3. The molecular weight excluding hydrogens is 578 g/mol. The summed E-state index contributed by atoms with van der Waals surface area (Å²) in [6, 6.07) is 9.56. The number of fused-ring (bicyclic) bond motifs is 1. The summed E-state index contributed by atoms with van der Waals surface area (Å²) in [4.78, 5) is 9.80. The first-order valence-electron chi connectivity index (χ1n) is 9.96. The average molecular weight is 603 g/mol. The van der Waals surface area contributed by atoms with Crippen molar-refractivity contribution in [3.8, 4) is 11.3 Å². The predicted octanol–water partition coefficient (Wildman–Crippen LogP) is 6.40. The third-order valence-corrected chi connectivity index (χ3v) is 8.11. The lowest BCUT2D eigenvalue weighted by Crippen LogP contribution is -2.00. The van der Waals surface area contributed by atoms with E-state index in [4.69, 9.17) is 11.6 Å². The lowest BCUT2D eigenvalue weighted by atomic mass is 10.1. The minimum absolute atomic E-state index is 0.376. The summed E-state index contributed by atoms with van der Waals surface area (Å²) >= 11 is 8.59. The number of aromatic nitrogens is 5. The Morgan fingerprint density at radius 3 is 2.44 bits per heavy atom. The van der Waals surface area contributed by atoms with Crippen molar-refractivity contribution < 1.29 is 4.21 Å². The van der Waals surface area contributed by atoms with Gasteiger partial charge in [0.15, 0.2) is 5.65 Å². The highest BCUT2D eigenvalue weighted by Gasteiger charge is 2.17. The van der Waals surface area contributed by atoms with Crippen LogP contribution in [0.25, 0.3) is 22.4 Å². The largest absolute Gasteiger partial charge is 0.353 e. The van der Waals surface area contributed by atoms with E-state index in [9.17, 15) is 4.21 Å². The molecule has 2 atom stereocenters. The SMILES string of the molecule is CC.Cc1cc(-c2ccc(Nc3cc(Cl)nc4c3nc(C)n4PI)c(S(C)=O)c2)nn1C. The van der Waals surface area contributed by atoms with E-state index < -0.39 is 10.8 Å². The Bertz CT molecular complexity index is 1290. The molecule has 0 aliphatic rings. The van der Waals surface area contributed by atoms with Crippen molar-refractivity contribution in [3.63, 3.8) is 0 Å². The number of aryl methyl sites for hydroxylation is 3. The summed E-state index contributed by atoms with van der Waals surface area (Å²) < 4.78 is 16.4. The lowest BCUT2D eigenvalue weighted by Gasteiger charge is -2.13. The number of hydrogen-bond donors (Lipinski definition) is 1. The number of pyridine rings is 1. The molecule has 3 heterocycles. The van der Waals surface area contributed by atoms with E-state index in [0.717, 1.165) is 45.3 Å². The van der Waals surface area contributed by atoms with E-state index in [1.54, 1.807) is 12.3 Å². The Morgan fingerprint density at radius 2 is 1.84 bits per heavy atom. The fraction of sp³-hybridized carbons (Fsp3) is 0.286. The maximum atomic E-state index is 12.5. The van der Waals surface area contributed by atoms with Crippen LogP contribution in [0.5, 0.6) is 0 Å². The molecule has 4 aromatic rings. The van der Waals surface area contributed by atoms with Crippen LogP contribution in [-0.4, -0.2) is 34.6 Å². The van der Waals surface area contributed by atoms with Gasteiger partial charge in [0.2, 0.25) is 0 Å². The molecule has 0 spiro atoms. The minimum Gasteiger partial charge on any atom is -0.353 e. The molecule has 4 rings (SSSR count). The fourth-order valence-corrected chi connectivity index (χ4v) is 6.24. The molecule has 1 aromatic carbocycles. The zero-order valence-corrected chi connectivity index (χ0v) is 23.4. The molecule has 32 heavy (non-hydrogen) atoms. The van der Waals surface area contributed by atoms with E-state index >= 15 is 0 Å². The number of anilines is 2. The first kappa shape index (κ1) is 25.1. The second-order valence-corrected chi connectivity index (χ2v) is 10.6. The molecule has 0 fully saturated rings. The van der Waals surface area contributed by atoms with Crippen LogP contribution in [0.1, 0.15) is 25.4 Å². The van der Waals surface area contributed by atoms with Crippen molar-refractivity contribution in [1.29, 1.82) is 0 Å². The molecule has 3 aromatic heterocycles. The number of rotatable bonds is 5. The van der Waals surface area contributed by atoms with Crippen LogP contribution >= 0.6 is 40.0 Å². The van der Waals surface area contributed by atoms with Crippen molar-refractivity contribution in [3.05, 3.63) is 47.0 Å². The number of benzene rings is 1. The van der Waals surface area contributed by atoms with E-state index in [0.29, 0.717) is 16.4 Å². The van der Waals surface area contributed by atoms with Gasteiger partial charge in [0, 0.05) is 30.6 Å². The van der Waals surface area contributed by atoms with Crippen molar-refractivity contribution in [2.45, 2.75) is 32.6 Å². The van der Waals surface area contributed by atoms with Gasteiger partial charge in [-0.3, -0.25) is 13.2 Å². The van der Waals surface area contributed by atoms with Gasteiger partial charge in [-0.05, 0) is 54.1 Å². The Kier molecular flexibility index (Phi) is 8.30. The second kappa shape index (κ2) is 10.6. The number of imidazole rings is 1. The summed E-state index contributed by atoms with van der Waals surface area (Å²) in [5.74, 6) is 0.871. The van der Waals surface area contributed by atoms with Crippen LogP contribution in [-0.2, 0) is 17.8 Å². The van der Waals surface area contributed by atoms with Crippen molar-refractivity contribution in [1.82, 2.24) is 24.1 Å². The van der Waals surface area contributed by atoms with Gasteiger partial charge in [0.25, 0.3) is 0 Å². The summed E-state index contributed by atoms with van der Waals surface area (Å²) in [7, 11) is 0.699. The summed E-state index contributed by atoms with van der Waals surface area (Å²) in [6.45, 7) is 7.95. The van der Waals surface area contributed by atoms with Gasteiger partial charge in [0.1, 0.15) is 16.5 Å². The predicted molar refractivity (Wildman–Crippen MR) is 145 cm³/mol. The van der Waals surface area contributed by atoms with Gasteiger partial charge in [0.05, 0.1) is 39.1 Å². The van der Waals surface area contributed by atoms with Crippen molar-refractivity contribution in [2.24, 2.45) is 7.05 Å². The number of halogens is 2. The topological polar surface area (TPSA) is 77.6 Å². The third-order valence-electron chi connectivity index (χ3n) is 4.81. The monoisotopic (exact) mass is 602 g/mol. The molecule has 0 bridgehead atoms. The molecule has 0 aliphatic heterocycles. The van der Waals surface area contributed by atoms with E-state index in [-0.39, 0.29) is 0 Å². The van der Waals surface area contributed by atoms with Crippen molar-refractivity contribution in [2.75, 3.05) is 11.6 Å². The van der Waals surface area contributed by atoms with E-state index in [2.05, 4.69) is 42.4 Å². The van der Waals surface area contributed by atoms with Gasteiger partial charge in [-0.15, -0.1) is 0 Å². The van der Waals surface area contributed by atoms with Gasteiger partial charge in [-0.1, -0.05) is 31.5 Å². The highest BCUT2D eigenvalue weighted by molar-refractivity contribution is 14.2. The molecule has 2 unspecified atom stereocenters. The van der Waals surface area contributed by atoms with Gasteiger partial charge in [-0.25, -0.2) is 9.97 Å². The highest BCUT2D eigenvalue weighted by atomic mass is 127. The molecule has 7 nitrogen and oxygen atoms in total. The van der Waals surface area contributed by atoms with Crippen LogP contribution in [0, 0.1) is 13.8 Å². The van der Waals surface area contributed by atoms with Crippen LogP contribution in [0.2, 0.25) is 5.15 Å². The zero-order valence-electron chi connectivity index (χ0n) is 18.7. The molecule has 11 heteroatoms. The molecule has 1 N–H and O–H groups in total. The second-order valence-electron chi connectivity index (χ2n) is 6.83. The van der Waals surface area contributed by atoms with Crippen LogP contribution in [0.15, 0.2) is 35.2 Å². The number of nitrogens with zero attached hydrogens (tertiary/aromatic N) is 5. The Labute approximate surface area is 210 Å². The summed E-state index contributed by atoms with van der Waals surface area (Å²) in [5, 5.41) is 8.28. The van der Waals surface area contributed by atoms with Gasteiger partial charge in [-0.2, -0.15) is 5.10 Å². The maximum absolute atomic E-state index is 12.5. The number of nitrogens with one attached hydrogen (secondary N) is 1. The fourth-order valence-electron chi connectivity index (χ4n) is 3.19. The first-order valence-corrected chi connectivity index (χ1v) is 16.0. The Morgan fingerprint density at radius 1 is 1.12 bits per heavy atom. The quantitative estimate of drug-likeness (QED) is 0.163. The van der Waals surface area contributed by atoms with E-state index in [1.165, 1.54) is 0 Å². The highest BCUT2D eigenvalue weighted by Crippen LogP contribution is 2.36. The minimum atomic E-state index is -1.21. The van der Waals surface area contributed by atoms with Gasteiger partial charge >= 0.3 is 0 Å². The Hall–Kier alpha value is -1.55. The lowest BCUT2D eigenvalue weighted by molar-refractivity contribution is 0.687. The normalized spacial score (nSPS) is 12.2. The molecule has 170 valence electrons. The van der Waals surface area contributed by atoms with E-state index in [1.807, 2.05) is 68.0 Å². The molecular formula is C21H25ClIN6OPS. The molecule has 0 radical (unpaired) electrons. The molecule has 0 saturated heterocycles. The van der Waals surface area contributed by atoms with Gasteiger partial charge < -0.3 is 5.32 Å².